The predicted octanol–water partition coefficient (Wildman–Crippen LogP) is 1.42. The molecule has 3 amide bonds. The first-order valence-corrected chi connectivity index (χ1v) is 8.10. The van der Waals surface area contributed by atoms with E-state index >= 15 is 0 Å². The zero-order chi connectivity index (χ0) is 20.7. The van der Waals surface area contributed by atoms with Crippen LogP contribution in [0, 0.1) is 0 Å². The van der Waals surface area contributed by atoms with Crippen molar-refractivity contribution in [1.29, 1.82) is 0 Å². The zero-order valence-corrected chi connectivity index (χ0v) is 15.5. The molecule has 0 fully saturated rings. The van der Waals surface area contributed by atoms with Gasteiger partial charge in [0.1, 0.15) is 5.75 Å². The van der Waals surface area contributed by atoms with Gasteiger partial charge in [-0.3, -0.25) is 14.4 Å². The number of hydrogen-bond donors (Lipinski definition) is 3. The molecular formula is C19H19N3O6. The minimum absolute atomic E-state index is 0.171. The van der Waals surface area contributed by atoms with Crippen LogP contribution in [0.4, 0.5) is 11.4 Å². The Kier molecular flexibility index (Phi) is 6.69. The van der Waals surface area contributed by atoms with Crippen LogP contribution in [0.2, 0.25) is 0 Å². The van der Waals surface area contributed by atoms with Crippen LogP contribution in [0.1, 0.15) is 20.7 Å². The first-order valence-electron chi connectivity index (χ1n) is 8.10. The normalized spacial score (nSPS) is 9.82. The lowest BCUT2D eigenvalue weighted by molar-refractivity contribution is -0.133. The van der Waals surface area contributed by atoms with E-state index in [1.54, 1.807) is 0 Å². The average molecular weight is 385 g/mol. The topological polar surface area (TPSA) is 123 Å². The van der Waals surface area contributed by atoms with Gasteiger partial charge in [-0.25, -0.2) is 4.79 Å². The van der Waals surface area contributed by atoms with Gasteiger partial charge in [0.15, 0.2) is 0 Å². The number of benzene rings is 2. The van der Waals surface area contributed by atoms with Crippen LogP contribution in [0.3, 0.4) is 0 Å². The molecule has 0 aliphatic carbocycles. The van der Waals surface area contributed by atoms with Crippen molar-refractivity contribution in [3.63, 3.8) is 0 Å². The maximum Gasteiger partial charge on any atom is 0.337 e. The predicted molar refractivity (Wildman–Crippen MR) is 101 cm³/mol. The Balaban J connectivity index is 2.10. The number of ether oxygens (including phenoxy) is 2. The molecule has 0 aliphatic rings. The molecule has 0 aromatic heterocycles. The van der Waals surface area contributed by atoms with Crippen molar-refractivity contribution in [2.75, 3.05) is 31.9 Å². The van der Waals surface area contributed by atoms with Crippen LogP contribution < -0.4 is 20.7 Å². The highest BCUT2D eigenvalue weighted by atomic mass is 16.5. The van der Waals surface area contributed by atoms with E-state index in [0.717, 1.165) is 0 Å². The first-order chi connectivity index (χ1) is 13.4. The second-order valence-electron chi connectivity index (χ2n) is 5.47. The van der Waals surface area contributed by atoms with Gasteiger partial charge in [0.25, 0.3) is 5.91 Å². The number of methoxy groups -OCH3 is 2. The Morgan fingerprint density at radius 3 is 2.00 bits per heavy atom. The van der Waals surface area contributed by atoms with Crippen LogP contribution >= 0.6 is 0 Å². The average Bonchev–Trinajstić information content (AvgIpc) is 2.72. The van der Waals surface area contributed by atoms with Crippen molar-refractivity contribution in [2.45, 2.75) is 0 Å². The molecule has 0 saturated carbocycles. The Morgan fingerprint density at radius 1 is 0.821 bits per heavy atom. The third-order valence-electron chi connectivity index (χ3n) is 3.71. The third kappa shape index (κ3) is 4.85. The molecule has 0 saturated heterocycles. The van der Waals surface area contributed by atoms with Crippen molar-refractivity contribution >= 4 is 35.1 Å². The second kappa shape index (κ2) is 9.17. The van der Waals surface area contributed by atoms with Crippen molar-refractivity contribution in [3.8, 4) is 5.75 Å². The van der Waals surface area contributed by atoms with Crippen LogP contribution in [-0.4, -0.2) is 45.0 Å². The molecule has 28 heavy (non-hydrogen) atoms. The van der Waals surface area contributed by atoms with Gasteiger partial charge >= 0.3 is 17.8 Å². The fourth-order valence-corrected chi connectivity index (χ4v) is 2.27. The number of anilines is 2. The summed E-state index contributed by atoms with van der Waals surface area (Å²) in [5, 5.41) is 7.29. The summed E-state index contributed by atoms with van der Waals surface area (Å²) in [4.78, 5) is 47.5. The van der Waals surface area contributed by atoms with Crippen LogP contribution in [0.15, 0.2) is 42.5 Å². The number of nitrogens with one attached hydrogen (secondary N) is 3. The van der Waals surface area contributed by atoms with Crippen molar-refractivity contribution in [2.24, 2.45) is 0 Å². The number of carbonyl (C=O) groups is 4. The summed E-state index contributed by atoms with van der Waals surface area (Å²) in [7, 11) is 4.13. The lowest BCUT2D eigenvalue weighted by Crippen LogP contribution is -2.29. The number of hydrogen-bond acceptors (Lipinski definition) is 6. The quantitative estimate of drug-likeness (QED) is 0.528. The van der Waals surface area contributed by atoms with Gasteiger partial charge < -0.3 is 25.4 Å². The Labute approximate surface area is 161 Å². The highest BCUT2D eigenvalue weighted by Gasteiger charge is 2.18. The molecule has 2 aromatic rings. The van der Waals surface area contributed by atoms with Crippen molar-refractivity contribution < 1.29 is 28.7 Å². The second-order valence-corrected chi connectivity index (χ2v) is 5.47. The van der Waals surface area contributed by atoms with Crippen molar-refractivity contribution in [1.82, 2.24) is 5.32 Å². The highest BCUT2D eigenvalue weighted by molar-refractivity contribution is 6.43. The number of amides is 3. The number of rotatable bonds is 5. The largest absolute Gasteiger partial charge is 0.495 e. The lowest BCUT2D eigenvalue weighted by Gasteiger charge is -2.12. The summed E-state index contributed by atoms with van der Waals surface area (Å²) in [6, 6.07) is 10.3. The maximum absolute atomic E-state index is 12.2. The molecule has 0 spiro atoms. The summed E-state index contributed by atoms with van der Waals surface area (Å²) in [6.45, 7) is 0. The van der Waals surface area contributed by atoms with Crippen LogP contribution in [0.25, 0.3) is 0 Å². The minimum atomic E-state index is -0.954. The van der Waals surface area contributed by atoms with Gasteiger partial charge in [-0.05, 0) is 42.5 Å². The first kappa shape index (κ1) is 20.4. The van der Waals surface area contributed by atoms with Gasteiger partial charge in [0, 0.05) is 18.3 Å². The van der Waals surface area contributed by atoms with E-state index in [-0.39, 0.29) is 22.9 Å². The smallest absolute Gasteiger partial charge is 0.337 e. The zero-order valence-electron chi connectivity index (χ0n) is 15.5. The van der Waals surface area contributed by atoms with Crippen molar-refractivity contribution in [3.05, 3.63) is 53.6 Å². The summed E-state index contributed by atoms with van der Waals surface area (Å²) < 4.78 is 9.72. The standard InChI is InChI=1S/C19H19N3O6/c1-20-16(23)12-6-9-15(27-2)14(10-12)22-18(25)17(24)21-13-7-4-11(5-8-13)19(26)28-3/h4-10H,1-3H3,(H,20,23)(H,21,24)(H,22,25). The molecule has 2 aromatic carbocycles. The van der Waals surface area contributed by atoms with Gasteiger partial charge in [-0.1, -0.05) is 0 Å². The third-order valence-corrected chi connectivity index (χ3v) is 3.71. The van der Waals surface area contributed by atoms with Gasteiger partial charge in [0.05, 0.1) is 25.5 Å². The molecular weight excluding hydrogens is 366 g/mol. The molecule has 0 bridgehead atoms. The molecule has 146 valence electrons. The molecule has 2 rings (SSSR count). The van der Waals surface area contributed by atoms with E-state index in [0.29, 0.717) is 11.3 Å². The Bertz CT molecular complexity index is 908. The summed E-state index contributed by atoms with van der Waals surface area (Å²) in [5.41, 5.74) is 1.08. The molecule has 3 N–H and O–H groups in total. The molecule has 0 radical (unpaired) electrons. The van der Waals surface area contributed by atoms with Gasteiger partial charge in [0.2, 0.25) is 0 Å². The summed E-state index contributed by atoms with van der Waals surface area (Å²) >= 11 is 0. The van der Waals surface area contributed by atoms with E-state index in [9.17, 15) is 19.2 Å². The maximum atomic E-state index is 12.2. The van der Waals surface area contributed by atoms with E-state index in [4.69, 9.17) is 4.74 Å². The fourth-order valence-electron chi connectivity index (χ4n) is 2.27. The molecule has 0 atom stereocenters. The lowest BCUT2D eigenvalue weighted by atomic mass is 10.1. The van der Waals surface area contributed by atoms with E-state index in [1.165, 1.54) is 63.7 Å². The van der Waals surface area contributed by atoms with Crippen LogP contribution in [-0.2, 0) is 14.3 Å². The van der Waals surface area contributed by atoms with E-state index in [2.05, 4.69) is 20.7 Å². The van der Waals surface area contributed by atoms with Gasteiger partial charge in [-0.15, -0.1) is 0 Å². The van der Waals surface area contributed by atoms with Gasteiger partial charge in [-0.2, -0.15) is 0 Å². The molecule has 0 aliphatic heterocycles. The highest BCUT2D eigenvalue weighted by Crippen LogP contribution is 2.25. The van der Waals surface area contributed by atoms with E-state index < -0.39 is 17.8 Å². The monoisotopic (exact) mass is 385 g/mol. The fraction of sp³-hybridized carbons (Fsp3) is 0.158. The van der Waals surface area contributed by atoms with E-state index in [1.807, 2.05) is 0 Å². The molecule has 9 nitrogen and oxygen atoms in total. The molecule has 0 unspecified atom stereocenters. The SMILES string of the molecule is CNC(=O)c1ccc(OC)c(NC(=O)C(=O)Nc2ccc(C(=O)OC)cc2)c1. The molecule has 9 heteroatoms. The Hall–Kier alpha value is -3.88. The summed E-state index contributed by atoms with van der Waals surface area (Å²) in [5.74, 6) is -2.47. The van der Waals surface area contributed by atoms with Crippen LogP contribution in [0.5, 0.6) is 5.75 Å². The Morgan fingerprint density at radius 2 is 1.43 bits per heavy atom. The summed E-state index contributed by atoms with van der Waals surface area (Å²) in [6.07, 6.45) is 0. The number of carbonyl (C=O) groups excluding carboxylic acids is 4. The molecule has 0 heterocycles. The minimum Gasteiger partial charge on any atom is -0.495 e. The number of esters is 1.